The first-order chi connectivity index (χ1) is 9.29. The number of halogens is 1. The van der Waals surface area contributed by atoms with E-state index in [0.29, 0.717) is 0 Å². The summed E-state index contributed by atoms with van der Waals surface area (Å²) in [5, 5.41) is 0. The molecule has 0 amide bonds. The number of hydrogen-bond acceptors (Lipinski definition) is 2. The molecule has 1 atom stereocenters. The molecule has 96 valence electrons. The predicted molar refractivity (Wildman–Crippen MR) is 78.6 cm³/mol. The van der Waals surface area contributed by atoms with Crippen molar-refractivity contribution >= 4 is 22.2 Å². The minimum atomic E-state index is -0.147. The minimum absolute atomic E-state index is 0.147. The van der Waals surface area contributed by atoms with Crippen molar-refractivity contribution in [3.63, 3.8) is 0 Å². The second-order valence-electron chi connectivity index (χ2n) is 4.78. The molecule has 3 heteroatoms. The highest BCUT2D eigenvalue weighted by molar-refractivity contribution is 9.10. The summed E-state index contributed by atoms with van der Waals surface area (Å²) >= 11 is 3.56. The molecule has 0 spiro atoms. The molecule has 0 N–H and O–H groups in total. The molecule has 0 aromatic heterocycles. The van der Waals surface area contributed by atoms with Gasteiger partial charge < -0.3 is 4.79 Å². The van der Waals surface area contributed by atoms with Crippen molar-refractivity contribution in [2.45, 2.75) is 19.1 Å². The van der Waals surface area contributed by atoms with E-state index >= 15 is 0 Å². The third kappa shape index (κ3) is 2.36. The summed E-state index contributed by atoms with van der Waals surface area (Å²) in [6, 6.07) is 16.2. The van der Waals surface area contributed by atoms with Crippen molar-refractivity contribution in [3.8, 4) is 0 Å². The molecule has 1 aliphatic rings. The standard InChI is InChI=1S/C16H14BrNO/c17-14-8-4-7-13-10-18(15(11-19)16(13)14)9-12-5-2-1-3-6-12/h1-8,11,15H,9-10H2. The van der Waals surface area contributed by atoms with Gasteiger partial charge in [-0.2, -0.15) is 0 Å². The molecule has 1 unspecified atom stereocenters. The number of aldehydes is 1. The second kappa shape index (κ2) is 5.27. The van der Waals surface area contributed by atoms with Crippen LogP contribution in [-0.4, -0.2) is 11.2 Å². The quantitative estimate of drug-likeness (QED) is 0.805. The van der Waals surface area contributed by atoms with Crippen LogP contribution in [0.3, 0.4) is 0 Å². The van der Waals surface area contributed by atoms with Crippen LogP contribution in [0.15, 0.2) is 53.0 Å². The van der Waals surface area contributed by atoms with Gasteiger partial charge in [0.05, 0.1) is 6.04 Å². The Morgan fingerprint density at radius 3 is 2.68 bits per heavy atom. The first-order valence-electron chi connectivity index (χ1n) is 6.30. The predicted octanol–water partition coefficient (Wildman–Crippen LogP) is 3.70. The van der Waals surface area contributed by atoms with E-state index in [4.69, 9.17) is 0 Å². The Labute approximate surface area is 121 Å². The lowest BCUT2D eigenvalue weighted by Gasteiger charge is -2.20. The van der Waals surface area contributed by atoms with Crippen LogP contribution in [0.1, 0.15) is 22.7 Å². The Bertz CT molecular complexity index is 597. The largest absolute Gasteiger partial charge is 0.301 e. The van der Waals surface area contributed by atoms with Gasteiger partial charge in [0.2, 0.25) is 0 Å². The molecule has 2 nitrogen and oxygen atoms in total. The number of carbonyl (C=O) groups is 1. The molecule has 0 bridgehead atoms. The molecule has 0 saturated heterocycles. The summed E-state index contributed by atoms with van der Waals surface area (Å²) in [6.07, 6.45) is 1.04. The Hall–Kier alpha value is -1.45. The molecule has 0 fully saturated rings. The zero-order chi connectivity index (χ0) is 13.2. The number of benzene rings is 2. The van der Waals surface area contributed by atoms with Crippen LogP contribution >= 0.6 is 15.9 Å². The van der Waals surface area contributed by atoms with E-state index in [1.54, 1.807) is 0 Å². The maximum atomic E-state index is 11.5. The number of fused-ring (bicyclic) bond motifs is 1. The average Bonchev–Trinajstić information content (AvgIpc) is 2.78. The van der Waals surface area contributed by atoms with Crippen molar-refractivity contribution in [1.82, 2.24) is 4.90 Å². The first-order valence-corrected chi connectivity index (χ1v) is 7.09. The van der Waals surface area contributed by atoms with Gasteiger partial charge in [-0.15, -0.1) is 0 Å². The van der Waals surface area contributed by atoms with E-state index < -0.39 is 0 Å². The van der Waals surface area contributed by atoms with E-state index in [1.165, 1.54) is 11.1 Å². The van der Waals surface area contributed by atoms with Gasteiger partial charge in [0.15, 0.2) is 0 Å². The van der Waals surface area contributed by atoms with Gasteiger partial charge in [-0.1, -0.05) is 58.4 Å². The molecular formula is C16H14BrNO. The molecule has 19 heavy (non-hydrogen) atoms. The van der Waals surface area contributed by atoms with Gasteiger partial charge in [0.25, 0.3) is 0 Å². The third-order valence-corrected chi connectivity index (χ3v) is 4.25. The molecule has 0 aliphatic carbocycles. The van der Waals surface area contributed by atoms with Crippen LogP contribution in [0.25, 0.3) is 0 Å². The summed E-state index contributed by atoms with van der Waals surface area (Å²) in [5.41, 5.74) is 3.59. The molecular weight excluding hydrogens is 302 g/mol. The maximum absolute atomic E-state index is 11.5. The minimum Gasteiger partial charge on any atom is -0.301 e. The fourth-order valence-corrected chi connectivity index (χ4v) is 3.32. The van der Waals surface area contributed by atoms with Crippen molar-refractivity contribution in [2.75, 3.05) is 0 Å². The van der Waals surface area contributed by atoms with Crippen LogP contribution in [0.2, 0.25) is 0 Å². The topological polar surface area (TPSA) is 20.3 Å². The van der Waals surface area contributed by atoms with E-state index in [9.17, 15) is 4.79 Å². The lowest BCUT2D eigenvalue weighted by atomic mass is 10.1. The van der Waals surface area contributed by atoms with Crippen LogP contribution < -0.4 is 0 Å². The smallest absolute Gasteiger partial charge is 0.141 e. The molecule has 2 aromatic carbocycles. The van der Waals surface area contributed by atoms with E-state index in [0.717, 1.165) is 29.4 Å². The SMILES string of the molecule is O=CC1c2c(Br)cccc2CN1Cc1ccccc1. The van der Waals surface area contributed by atoms with Crippen LogP contribution in [0, 0.1) is 0 Å². The molecule has 0 saturated carbocycles. The van der Waals surface area contributed by atoms with Gasteiger partial charge in [-0.3, -0.25) is 4.90 Å². The molecule has 3 rings (SSSR count). The zero-order valence-corrected chi connectivity index (χ0v) is 12.0. The monoisotopic (exact) mass is 315 g/mol. The van der Waals surface area contributed by atoms with E-state index in [-0.39, 0.29) is 6.04 Å². The fraction of sp³-hybridized carbons (Fsp3) is 0.188. The maximum Gasteiger partial charge on any atom is 0.141 e. The summed E-state index contributed by atoms with van der Waals surface area (Å²) < 4.78 is 1.03. The number of nitrogens with zero attached hydrogens (tertiary/aromatic N) is 1. The third-order valence-electron chi connectivity index (χ3n) is 3.56. The van der Waals surface area contributed by atoms with Crippen molar-refractivity contribution in [1.29, 1.82) is 0 Å². The highest BCUT2D eigenvalue weighted by Gasteiger charge is 2.31. The first kappa shape index (κ1) is 12.6. The van der Waals surface area contributed by atoms with Crippen LogP contribution in [0.4, 0.5) is 0 Å². The Kier molecular flexibility index (Phi) is 3.49. The average molecular weight is 316 g/mol. The lowest BCUT2D eigenvalue weighted by Crippen LogP contribution is -2.22. The summed E-state index contributed by atoms with van der Waals surface area (Å²) in [4.78, 5) is 13.7. The van der Waals surface area contributed by atoms with Gasteiger partial charge in [0.1, 0.15) is 6.29 Å². The highest BCUT2D eigenvalue weighted by Crippen LogP contribution is 2.37. The summed E-state index contributed by atoms with van der Waals surface area (Å²) in [7, 11) is 0. The molecule has 1 heterocycles. The van der Waals surface area contributed by atoms with Gasteiger partial charge >= 0.3 is 0 Å². The van der Waals surface area contributed by atoms with Crippen molar-refractivity contribution in [2.24, 2.45) is 0 Å². The van der Waals surface area contributed by atoms with Gasteiger partial charge in [-0.05, 0) is 22.8 Å². The van der Waals surface area contributed by atoms with Crippen molar-refractivity contribution in [3.05, 3.63) is 69.7 Å². The molecule has 2 aromatic rings. The number of hydrogen-bond donors (Lipinski definition) is 0. The fourth-order valence-electron chi connectivity index (χ4n) is 2.68. The van der Waals surface area contributed by atoms with Crippen LogP contribution in [-0.2, 0) is 17.9 Å². The van der Waals surface area contributed by atoms with Gasteiger partial charge in [-0.25, -0.2) is 0 Å². The number of rotatable bonds is 3. The highest BCUT2D eigenvalue weighted by atomic mass is 79.9. The Morgan fingerprint density at radius 2 is 1.95 bits per heavy atom. The normalized spacial score (nSPS) is 18.3. The van der Waals surface area contributed by atoms with Gasteiger partial charge in [0, 0.05) is 17.6 Å². The lowest BCUT2D eigenvalue weighted by molar-refractivity contribution is -0.112. The number of carbonyl (C=O) groups excluding carboxylic acids is 1. The second-order valence-corrected chi connectivity index (χ2v) is 5.64. The summed E-state index contributed by atoms with van der Waals surface area (Å²) in [6.45, 7) is 1.62. The Balaban J connectivity index is 1.90. The van der Waals surface area contributed by atoms with Crippen LogP contribution in [0.5, 0.6) is 0 Å². The zero-order valence-electron chi connectivity index (χ0n) is 10.4. The molecule has 0 radical (unpaired) electrons. The molecule has 1 aliphatic heterocycles. The van der Waals surface area contributed by atoms with Crippen molar-refractivity contribution < 1.29 is 4.79 Å². The Morgan fingerprint density at radius 1 is 1.16 bits per heavy atom. The van der Waals surface area contributed by atoms with E-state index in [1.807, 2.05) is 30.3 Å². The summed E-state index contributed by atoms with van der Waals surface area (Å²) in [5.74, 6) is 0. The van der Waals surface area contributed by atoms with E-state index in [2.05, 4.69) is 39.0 Å².